The van der Waals surface area contributed by atoms with Gasteiger partial charge in [0, 0.05) is 10.5 Å². The van der Waals surface area contributed by atoms with E-state index < -0.39 is 9.04 Å². The van der Waals surface area contributed by atoms with Crippen LogP contribution in [0.4, 0.5) is 0 Å². The summed E-state index contributed by atoms with van der Waals surface area (Å²) < 4.78 is 7.45. The van der Waals surface area contributed by atoms with Crippen molar-refractivity contribution in [1.29, 1.82) is 0 Å². The lowest BCUT2D eigenvalue weighted by Gasteiger charge is -2.33. The molecule has 1 nitrogen and oxygen atoms in total. The SMILES string of the molecule is C=CCC(CI)CCCC(O[SiH](C)C)C(C)(C)C. The summed E-state index contributed by atoms with van der Waals surface area (Å²) >= 11 is 2.49. The van der Waals surface area contributed by atoms with Crippen molar-refractivity contribution in [3.63, 3.8) is 0 Å². The summed E-state index contributed by atoms with van der Waals surface area (Å²) in [6, 6.07) is 0. The second-order valence-corrected chi connectivity index (χ2v) is 9.77. The van der Waals surface area contributed by atoms with Crippen molar-refractivity contribution in [3.8, 4) is 0 Å². The zero-order valence-electron chi connectivity index (χ0n) is 12.8. The lowest BCUT2D eigenvalue weighted by atomic mass is 9.85. The van der Waals surface area contributed by atoms with E-state index in [4.69, 9.17) is 4.43 Å². The number of allylic oxidation sites excluding steroid dienone is 1. The molecule has 0 aliphatic carbocycles. The molecule has 0 rings (SSSR count). The van der Waals surface area contributed by atoms with Crippen LogP contribution >= 0.6 is 22.6 Å². The Bertz CT molecular complexity index is 223. The molecule has 2 atom stereocenters. The first-order chi connectivity index (χ1) is 8.31. The van der Waals surface area contributed by atoms with Crippen molar-refractivity contribution >= 4 is 31.6 Å². The van der Waals surface area contributed by atoms with Crippen molar-refractivity contribution in [2.24, 2.45) is 11.3 Å². The van der Waals surface area contributed by atoms with Crippen molar-refractivity contribution in [3.05, 3.63) is 12.7 Å². The third-order valence-corrected chi connectivity index (χ3v) is 5.32. The molecule has 0 aliphatic rings. The van der Waals surface area contributed by atoms with Gasteiger partial charge in [-0.05, 0) is 43.7 Å². The molecule has 0 aromatic rings. The smallest absolute Gasteiger partial charge is 0.171 e. The van der Waals surface area contributed by atoms with Crippen molar-refractivity contribution < 1.29 is 4.43 Å². The molecular weight excluding hydrogens is 351 g/mol. The minimum Gasteiger partial charge on any atom is -0.417 e. The molecule has 18 heavy (non-hydrogen) atoms. The van der Waals surface area contributed by atoms with Crippen molar-refractivity contribution in [2.45, 2.75) is 65.7 Å². The van der Waals surface area contributed by atoms with E-state index in [0.717, 1.165) is 12.3 Å². The highest BCUT2D eigenvalue weighted by molar-refractivity contribution is 14.1. The van der Waals surface area contributed by atoms with Gasteiger partial charge in [-0.1, -0.05) is 55.9 Å². The molecule has 0 fully saturated rings. The van der Waals surface area contributed by atoms with E-state index in [1.165, 1.54) is 23.7 Å². The fourth-order valence-electron chi connectivity index (χ4n) is 2.12. The predicted molar refractivity (Wildman–Crippen MR) is 94.2 cm³/mol. The van der Waals surface area contributed by atoms with Gasteiger partial charge in [0.25, 0.3) is 0 Å². The third kappa shape index (κ3) is 8.70. The van der Waals surface area contributed by atoms with Gasteiger partial charge in [-0.3, -0.25) is 0 Å². The minimum atomic E-state index is -0.934. The summed E-state index contributed by atoms with van der Waals surface area (Å²) in [7, 11) is -0.934. The number of rotatable bonds is 9. The van der Waals surface area contributed by atoms with Gasteiger partial charge in [0.05, 0.1) is 0 Å². The van der Waals surface area contributed by atoms with Crippen LogP contribution in [0.5, 0.6) is 0 Å². The second kappa shape index (κ2) is 9.53. The molecule has 0 aliphatic heterocycles. The Morgan fingerprint density at radius 3 is 2.28 bits per heavy atom. The van der Waals surface area contributed by atoms with Crippen LogP contribution in [0.3, 0.4) is 0 Å². The first-order valence-corrected chi connectivity index (χ1v) is 11.4. The molecule has 0 amide bonds. The molecule has 0 bridgehead atoms. The van der Waals surface area contributed by atoms with E-state index in [1.807, 2.05) is 0 Å². The lowest BCUT2D eigenvalue weighted by molar-refractivity contribution is 0.0751. The normalized spacial score (nSPS) is 15.7. The molecule has 2 unspecified atom stereocenters. The van der Waals surface area contributed by atoms with Crippen LogP contribution in [0.25, 0.3) is 0 Å². The summed E-state index contributed by atoms with van der Waals surface area (Å²) in [6.07, 6.45) is 7.45. The topological polar surface area (TPSA) is 9.23 Å². The van der Waals surface area contributed by atoms with Gasteiger partial charge >= 0.3 is 0 Å². The van der Waals surface area contributed by atoms with Crippen LogP contribution in [0.2, 0.25) is 13.1 Å². The van der Waals surface area contributed by atoms with Gasteiger partial charge in [-0.25, -0.2) is 0 Å². The van der Waals surface area contributed by atoms with Gasteiger partial charge in [0.1, 0.15) is 0 Å². The van der Waals surface area contributed by atoms with Gasteiger partial charge in [0.15, 0.2) is 9.04 Å². The minimum absolute atomic E-state index is 0.273. The maximum atomic E-state index is 6.21. The van der Waals surface area contributed by atoms with E-state index in [0.29, 0.717) is 6.10 Å². The Labute approximate surface area is 130 Å². The van der Waals surface area contributed by atoms with Gasteiger partial charge in [0.2, 0.25) is 0 Å². The van der Waals surface area contributed by atoms with E-state index in [2.05, 4.69) is 69.1 Å². The van der Waals surface area contributed by atoms with Gasteiger partial charge < -0.3 is 4.43 Å². The monoisotopic (exact) mass is 382 g/mol. The second-order valence-electron chi connectivity index (χ2n) is 6.52. The zero-order valence-corrected chi connectivity index (χ0v) is 16.2. The molecule has 0 spiro atoms. The Hall–Kier alpha value is 0.647. The van der Waals surface area contributed by atoms with Crippen LogP contribution in [0.15, 0.2) is 12.7 Å². The van der Waals surface area contributed by atoms with Crippen LogP contribution in [-0.4, -0.2) is 19.6 Å². The maximum absolute atomic E-state index is 6.21. The average Bonchev–Trinajstić information content (AvgIpc) is 2.24. The van der Waals surface area contributed by atoms with Crippen molar-refractivity contribution in [1.82, 2.24) is 0 Å². The van der Waals surface area contributed by atoms with Gasteiger partial charge in [-0.15, -0.1) is 6.58 Å². The molecule has 0 saturated carbocycles. The molecule has 0 aromatic heterocycles. The molecule has 0 heterocycles. The Kier molecular flexibility index (Phi) is 9.88. The zero-order chi connectivity index (χ0) is 14.2. The number of halogens is 1. The summed E-state index contributed by atoms with van der Waals surface area (Å²) in [5, 5.41) is 0. The predicted octanol–water partition coefficient (Wildman–Crippen LogP) is 5.20. The maximum Gasteiger partial charge on any atom is 0.171 e. The first-order valence-electron chi connectivity index (χ1n) is 7.13. The fourth-order valence-corrected chi connectivity index (χ4v) is 4.12. The molecule has 0 radical (unpaired) electrons. The van der Waals surface area contributed by atoms with Crippen molar-refractivity contribution in [2.75, 3.05) is 4.43 Å². The molecule has 3 heteroatoms. The summed E-state index contributed by atoms with van der Waals surface area (Å²) in [6.45, 7) is 15.3. The largest absolute Gasteiger partial charge is 0.417 e. The molecule has 0 N–H and O–H groups in total. The fraction of sp³-hybridized carbons (Fsp3) is 0.867. The van der Waals surface area contributed by atoms with Crippen LogP contribution in [0, 0.1) is 11.3 Å². The molecule has 0 aromatic carbocycles. The van der Waals surface area contributed by atoms with E-state index in [1.54, 1.807) is 0 Å². The quantitative estimate of drug-likeness (QED) is 0.231. The average molecular weight is 382 g/mol. The Morgan fingerprint density at radius 1 is 1.28 bits per heavy atom. The highest BCUT2D eigenvalue weighted by Crippen LogP contribution is 2.28. The van der Waals surface area contributed by atoms with E-state index in [9.17, 15) is 0 Å². The Balaban J connectivity index is 4.14. The highest BCUT2D eigenvalue weighted by Gasteiger charge is 2.25. The standard InChI is InChI=1S/C15H31IOSi/c1-7-9-13(12-16)10-8-11-14(15(2,3)4)17-18(5)6/h7,13-14,18H,1,8-12H2,2-6H3. The number of hydrogen-bond acceptors (Lipinski definition) is 1. The lowest BCUT2D eigenvalue weighted by Crippen LogP contribution is -2.33. The van der Waals surface area contributed by atoms with Crippen LogP contribution in [-0.2, 0) is 4.43 Å². The summed E-state index contributed by atoms with van der Waals surface area (Å²) in [5.41, 5.74) is 0.273. The molecule has 108 valence electrons. The van der Waals surface area contributed by atoms with E-state index >= 15 is 0 Å². The van der Waals surface area contributed by atoms with Gasteiger partial charge in [-0.2, -0.15) is 0 Å². The Morgan fingerprint density at radius 2 is 1.89 bits per heavy atom. The van der Waals surface area contributed by atoms with Crippen LogP contribution in [0.1, 0.15) is 46.5 Å². The first kappa shape index (κ1) is 18.6. The van der Waals surface area contributed by atoms with E-state index in [-0.39, 0.29) is 5.41 Å². The molecule has 0 saturated heterocycles. The third-order valence-electron chi connectivity index (χ3n) is 3.20. The highest BCUT2D eigenvalue weighted by atomic mass is 127. The summed E-state index contributed by atoms with van der Waals surface area (Å²) in [4.78, 5) is 0. The molecular formula is C15H31IOSi. The van der Waals surface area contributed by atoms with Crippen LogP contribution < -0.4 is 0 Å². The number of alkyl halides is 1. The number of hydrogen-bond donors (Lipinski definition) is 0. The summed E-state index contributed by atoms with van der Waals surface area (Å²) in [5.74, 6) is 0.806.